The van der Waals surface area contributed by atoms with Gasteiger partial charge in [-0.3, -0.25) is 9.78 Å². The van der Waals surface area contributed by atoms with Gasteiger partial charge in [-0.1, -0.05) is 29.3 Å². The van der Waals surface area contributed by atoms with E-state index in [1.807, 2.05) is 0 Å². The number of halogens is 3. The van der Waals surface area contributed by atoms with Gasteiger partial charge in [0.05, 0.1) is 15.0 Å². The van der Waals surface area contributed by atoms with Gasteiger partial charge in [-0.15, -0.1) is 11.3 Å². The number of nitrogens with zero attached hydrogens (tertiary/aromatic N) is 2. The number of nitrogens with one attached hydrogen (secondary N) is 1. The topological polar surface area (TPSA) is 79.4 Å². The lowest BCUT2D eigenvalue weighted by atomic mass is 10.1. The molecule has 0 aliphatic carbocycles. The van der Waals surface area contributed by atoms with Crippen LogP contribution in [0.2, 0.25) is 9.36 Å². The van der Waals surface area contributed by atoms with Crippen LogP contribution in [0.25, 0.3) is 17.2 Å². The fourth-order valence-electron chi connectivity index (χ4n) is 3.34. The molecule has 0 radical (unpaired) electrons. The SMILES string of the molecule is O=C1[C@@H](NS(=O)(=O)C=Cc2ccc(Cl)s2)CCN1c1ccc(-c2ccncc2Cl)cc1F. The molecular formula is C21H16Cl2FN3O3S2. The third-order valence-electron chi connectivity index (χ3n) is 4.84. The van der Waals surface area contributed by atoms with Crippen LogP contribution in [-0.4, -0.2) is 31.9 Å². The van der Waals surface area contributed by atoms with Crippen LogP contribution in [0.5, 0.6) is 0 Å². The van der Waals surface area contributed by atoms with Crippen molar-refractivity contribution in [3.05, 3.63) is 74.3 Å². The third-order valence-corrected chi connectivity index (χ3v) is 7.44. The summed E-state index contributed by atoms with van der Waals surface area (Å²) in [4.78, 5) is 18.6. The van der Waals surface area contributed by atoms with Gasteiger partial charge in [0.25, 0.3) is 0 Å². The number of hydrogen-bond donors (Lipinski definition) is 1. The Labute approximate surface area is 198 Å². The number of sulfonamides is 1. The summed E-state index contributed by atoms with van der Waals surface area (Å²) in [6.45, 7) is 0.183. The minimum Gasteiger partial charge on any atom is -0.308 e. The lowest BCUT2D eigenvalue weighted by molar-refractivity contribution is -0.118. The zero-order chi connectivity index (χ0) is 22.9. The van der Waals surface area contributed by atoms with Crippen LogP contribution in [-0.2, 0) is 14.8 Å². The number of carbonyl (C=O) groups is 1. The molecule has 0 spiro atoms. The van der Waals surface area contributed by atoms with E-state index >= 15 is 0 Å². The van der Waals surface area contributed by atoms with E-state index < -0.39 is 27.8 Å². The van der Waals surface area contributed by atoms with Crippen LogP contribution in [0.15, 0.2) is 54.2 Å². The Hall–Kier alpha value is -2.30. The van der Waals surface area contributed by atoms with Crippen LogP contribution in [0, 0.1) is 5.82 Å². The van der Waals surface area contributed by atoms with Gasteiger partial charge in [0.2, 0.25) is 15.9 Å². The fraction of sp³-hybridized carbons (Fsp3) is 0.143. The van der Waals surface area contributed by atoms with Crippen LogP contribution < -0.4 is 9.62 Å². The molecule has 0 unspecified atom stereocenters. The van der Waals surface area contributed by atoms with Crippen molar-refractivity contribution < 1.29 is 17.6 Å². The molecule has 1 fully saturated rings. The molecule has 1 aromatic carbocycles. The molecule has 1 saturated heterocycles. The predicted octanol–water partition coefficient (Wildman–Crippen LogP) is 4.95. The third kappa shape index (κ3) is 5.02. The van der Waals surface area contributed by atoms with Gasteiger partial charge in [-0.05, 0) is 48.4 Å². The van der Waals surface area contributed by atoms with E-state index in [0.29, 0.717) is 25.4 Å². The van der Waals surface area contributed by atoms with E-state index in [0.717, 1.165) is 5.41 Å². The quantitative estimate of drug-likeness (QED) is 0.507. The summed E-state index contributed by atoms with van der Waals surface area (Å²) in [5, 5.41) is 1.36. The second-order valence-electron chi connectivity index (χ2n) is 6.96. The highest BCUT2D eigenvalue weighted by atomic mass is 35.5. The van der Waals surface area contributed by atoms with Crippen molar-refractivity contribution in [2.24, 2.45) is 0 Å². The lowest BCUT2D eigenvalue weighted by Gasteiger charge is -2.18. The smallest absolute Gasteiger partial charge is 0.245 e. The number of hydrogen-bond acceptors (Lipinski definition) is 5. The van der Waals surface area contributed by atoms with Crippen LogP contribution in [0.1, 0.15) is 11.3 Å². The Bertz CT molecular complexity index is 1310. The fourth-order valence-corrected chi connectivity index (χ4v) is 5.64. The van der Waals surface area contributed by atoms with Gasteiger partial charge in [-0.25, -0.2) is 12.8 Å². The summed E-state index contributed by atoms with van der Waals surface area (Å²) in [5.41, 5.74) is 1.24. The van der Waals surface area contributed by atoms with Crippen molar-refractivity contribution >= 4 is 62.2 Å². The molecule has 166 valence electrons. The Kier molecular flexibility index (Phi) is 6.64. The van der Waals surface area contributed by atoms with Crippen LogP contribution in [0.4, 0.5) is 10.1 Å². The Morgan fingerprint density at radius 2 is 2.03 bits per heavy atom. The van der Waals surface area contributed by atoms with Crippen molar-refractivity contribution in [2.45, 2.75) is 12.5 Å². The van der Waals surface area contributed by atoms with Crippen molar-refractivity contribution in [3.63, 3.8) is 0 Å². The molecule has 1 atom stereocenters. The van der Waals surface area contributed by atoms with E-state index in [1.54, 1.807) is 30.5 Å². The summed E-state index contributed by atoms with van der Waals surface area (Å²) in [5.74, 6) is -1.13. The summed E-state index contributed by atoms with van der Waals surface area (Å²) in [6, 6.07) is 8.46. The number of pyridine rings is 1. The average Bonchev–Trinajstić information content (AvgIpc) is 3.32. The molecule has 3 aromatic rings. The van der Waals surface area contributed by atoms with E-state index in [2.05, 4.69) is 9.71 Å². The molecule has 1 amide bonds. The zero-order valence-corrected chi connectivity index (χ0v) is 19.5. The second kappa shape index (κ2) is 9.29. The van der Waals surface area contributed by atoms with E-state index in [1.165, 1.54) is 40.6 Å². The number of amides is 1. The number of rotatable bonds is 6. The van der Waals surface area contributed by atoms with Crippen molar-refractivity contribution in [1.82, 2.24) is 9.71 Å². The Balaban J connectivity index is 1.48. The summed E-state index contributed by atoms with van der Waals surface area (Å²) >= 11 is 13.2. The number of benzene rings is 1. The monoisotopic (exact) mass is 511 g/mol. The van der Waals surface area contributed by atoms with E-state index in [-0.39, 0.29) is 18.7 Å². The molecule has 11 heteroatoms. The van der Waals surface area contributed by atoms with Crippen molar-refractivity contribution in [1.29, 1.82) is 0 Å². The highest BCUT2D eigenvalue weighted by molar-refractivity contribution is 7.92. The lowest BCUT2D eigenvalue weighted by Crippen LogP contribution is -2.40. The minimum absolute atomic E-state index is 0.0781. The van der Waals surface area contributed by atoms with Gasteiger partial charge in [-0.2, -0.15) is 4.72 Å². The molecule has 0 saturated carbocycles. The maximum absolute atomic E-state index is 14.9. The normalized spacial score (nSPS) is 16.9. The molecule has 2 aromatic heterocycles. The summed E-state index contributed by atoms with van der Waals surface area (Å²) < 4.78 is 42.5. The van der Waals surface area contributed by atoms with Crippen LogP contribution >= 0.6 is 34.5 Å². The van der Waals surface area contributed by atoms with Gasteiger partial charge < -0.3 is 4.90 Å². The number of thiophene rings is 1. The number of carbonyl (C=O) groups excluding carboxylic acids is 1. The highest BCUT2D eigenvalue weighted by Gasteiger charge is 2.36. The molecule has 6 nitrogen and oxygen atoms in total. The van der Waals surface area contributed by atoms with Gasteiger partial charge in [0.15, 0.2) is 0 Å². The molecular weight excluding hydrogens is 496 g/mol. The van der Waals surface area contributed by atoms with E-state index in [9.17, 15) is 17.6 Å². The summed E-state index contributed by atoms with van der Waals surface area (Å²) in [6.07, 6.45) is 4.63. The van der Waals surface area contributed by atoms with Crippen molar-refractivity contribution in [3.8, 4) is 11.1 Å². The van der Waals surface area contributed by atoms with Gasteiger partial charge in [0, 0.05) is 34.8 Å². The van der Waals surface area contributed by atoms with E-state index in [4.69, 9.17) is 23.2 Å². The minimum atomic E-state index is -3.88. The van der Waals surface area contributed by atoms with Crippen LogP contribution in [0.3, 0.4) is 0 Å². The summed E-state index contributed by atoms with van der Waals surface area (Å²) in [7, 11) is -3.88. The first-order chi connectivity index (χ1) is 15.2. The zero-order valence-electron chi connectivity index (χ0n) is 16.3. The first kappa shape index (κ1) is 22.9. The molecule has 1 N–H and O–H groups in total. The predicted molar refractivity (Wildman–Crippen MR) is 126 cm³/mol. The second-order valence-corrected chi connectivity index (χ2v) is 10.7. The number of anilines is 1. The largest absolute Gasteiger partial charge is 0.308 e. The standard InChI is InChI=1S/C21H16Cl2FN3O3S2/c22-16-12-25-8-5-15(16)13-1-3-19(17(24)11-13)27-9-6-18(21(27)28)26-32(29,30)10-7-14-2-4-20(23)31-14/h1-5,7-8,10-12,18,26H,6,9H2/t18-/m0/s1. The Morgan fingerprint density at radius 1 is 1.22 bits per heavy atom. The molecule has 1 aliphatic rings. The number of aromatic nitrogens is 1. The maximum atomic E-state index is 14.9. The molecule has 0 bridgehead atoms. The average molecular weight is 512 g/mol. The maximum Gasteiger partial charge on any atom is 0.245 e. The van der Waals surface area contributed by atoms with Gasteiger partial charge in [0.1, 0.15) is 11.9 Å². The molecule has 3 heterocycles. The molecule has 1 aliphatic heterocycles. The van der Waals surface area contributed by atoms with Gasteiger partial charge >= 0.3 is 0 Å². The molecule has 32 heavy (non-hydrogen) atoms. The first-order valence-corrected chi connectivity index (χ1v) is 12.5. The molecule has 4 rings (SSSR count). The first-order valence-electron chi connectivity index (χ1n) is 9.40. The highest BCUT2D eigenvalue weighted by Crippen LogP contribution is 2.32. The Morgan fingerprint density at radius 3 is 2.72 bits per heavy atom. The van der Waals surface area contributed by atoms with Crippen molar-refractivity contribution in [2.75, 3.05) is 11.4 Å².